The minimum Gasteiger partial charge on any atom is -0.357 e. The third-order valence-corrected chi connectivity index (χ3v) is 5.08. The number of rotatable bonds is 3. The molecule has 0 aliphatic carbocycles. The second-order valence-corrected chi connectivity index (χ2v) is 6.78. The highest BCUT2D eigenvalue weighted by Gasteiger charge is 2.32. The number of likely N-dealkylation sites (tertiary alicyclic amines) is 1. The summed E-state index contributed by atoms with van der Waals surface area (Å²) in [4.78, 5) is 30.5. The number of hydrogen-bond acceptors (Lipinski definition) is 5. The summed E-state index contributed by atoms with van der Waals surface area (Å²) in [5, 5.41) is 0. The number of hydrogen-bond donors (Lipinski definition) is 0. The van der Waals surface area contributed by atoms with Crippen LogP contribution in [0.3, 0.4) is 0 Å². The number of anilines is 1. The zero-order valence-corrected chi connectivity index (χ0v) is 14.6. The second kappa shape index (κ2) is 6.78. The van der Waals surface area contributed by atoms with Gasteiger partial charge < -0.3 is 9.80 Å². The van der Waals surface area contributed by atoms with Crippen LogP contribution in [0.1, 0.15) is 53.6 Å². The van der Waals surface area contributed by atoms with Gasteiger partial charge in [0, 0.05) is 37.6 Å². The summed E-state index contributed by atoms with van der Waals surface area (Å²) in [6.45, 7) is 4.71. The third-order valence-electron chi connectivity index (χ3n) is 5.08. The molecular formula is C19H23N5O. The summed E-state index contributed by atoms with van der Waals surface area (Å²) in [6.07, 6.45) is 7.87. The van der Waals surface area contributed by atoms with Crippen molar-refractivity contribution in [1.82, 2.24) is 19.9 Å². The number of amides is 1. The van der Waals surface area contributed by atoms with Crippen molar-refractivity contribution in [3.8, 4) is 0 Å². The molecule has 6 nitrogen and oxygen atoms in total. The minimum absolute atomic E-state index is 0.0394. The Balaban J connectivity index is 1.58. The van der Waals surface area contributed by atoms with E-state index in [1.54, 1.807) is 12.4 Å². The zero-order chi connectivity index (χ0) is 17.2. The quantitative estimate of drug-likeness (QED) is 0.862. The summed E-state index contributed by atoms with van der Waals surface area (Å²) in [6, 6.07) is 5.72. The van der Waals surface area contributed by atoms with E-state index in [-0.39, 0.29) is 11.9 Å². The first-order valence-electron chi connectivity index (χ1n) is 9.04. The normalized spacial score (nSPS) is 20.3. The maximum absolute atomic E-state index is 13.1. The van der Waals surface area contributed by atoms with E-state index in [4.69, 9.17) is 0 Å². The third kappa shape index (κ3) is 3.21. The summed E-state index contributed by atoms with van der Waals surface area (Å²) in [7, 11) is 0. The van der Waals surface area contributed by atoms with Gasteiger partial charge in [-0.3, -0.25) is 4.79 Å². The Morgan fingerprint density at radius 2 is 1.88 bits per heavy atom. The lowest BCUT2D eigenvalue weighted by molar-refractivity contribution is 0.0732. The van der Waals surface area contributed by atoms with E-state index in [1.165, 1.54) is 12.8 Å². The van der Waals surface area contributed by atoms with Gasteiger partial charge in [-0.25, -0.2) is 15.0 Å². The Kier molecular flexibility index (Phi) is 4.34. The van der Waals surface area contributed by atoms with E-state index < -0.39 is 0 Å². The van der Waals surface area contributed by atoms with Crippen molar-refractivity contribution in [2.75, 3.05) is 24.5 Å². The van der Waals surface area contributed by atoms with Crippen LogP contribution in [0.2, 0.25) is 0 Å². The summed E-state index contributed by atoms with van der Waals surface area (Å²) in [5.74, 6) is 1.73. The molecule has 25 heavy (non-hydrogen) atoms. The van der Waals surface area contributed by atoms with Crippen LogP contribution in [0, 0.1) is 6.92 Å². The van der Waals surface area contributed by atoms with E-state index in [0.29, 0.717) is 0 Å². The molecular weight excluding hydrogens is 314 g/mol. The first-order valence-corrected chi connectivity index (χ1v) is 9.04. The van der Waals surface area contributed by atoms with Crippen LogP contribution in [-0.4, -0.2) is 45.4 Å². The molecule has 1 atom stereocenters. The number of carbonyl (C=O) groups is 1. The van der Waals surface area contributed by atoms with Crippen molar-refractivity contribution < 1.29 is 4.79 Å². The van der Waals surface area contributed by atoms with Crippen molar-refractivity contribution in [2.24, 2.45) is 0 Å². The van der Waals surface area contributed by atoms with Gasteiger partial charge in [0.2, 0.25) is 0 Å². The van der Waals surface area contributed by atoms with Gasteiger partial charge in [-0.1, -0.05) is 0 Å². The molecule has 0 spiro atoms. The van der Waals surface area contributed by atoms with E-state index >= 15 is 0 Å². The number of carbonyl (C=O) groups excluding carboxylic acids is 1. The lowest BCUT2D eigenvalue weighted by Gasteiger charge is -2.25. The fourth-order valence-corrected chi connectivity index (χ4v) is 3.81. The van der Waals surface area contributed by atoms with Crippen LogP contribution < -0.4 is 4.90 Å². The number of aryl methyl sites for hydroxylation is 1. The Labute approximate surface area is 147 Å². The molecule has 2 aromatic heterocycles. The molecule has 0 unspecified atom stereocenters. The fourth-order valence-electron chi connectivity index (χ4n) is 3.81. The topological polar surface area (TPSA) is 62.2 Å². The van der Waals surface area contributed by atoms with Crippen LogP contribution in [0.25, 0.3) is 0 Å². The van der Waals surface area contributed by atoms with Crippen LogP contribution >= 0.6 is 0 Å². The van der Waals surface area contributed by atoms with Gasteiger partial charge >= 0.3 is 0 Å². The van der Waals surface area contributed by atoms with Gasteiger partial charge in [0.15, 0.2) is 0 Å². The van der Waals surface area contributed by atoms with Crippen molar-refractivity contribution in [3.63, 3.8) is 0 Å². The SMILES string of the molecule is Cc1nccc([C@@H]2CCCN2C(=O)c2ccnc(N3CCCC3)c2)n1. The molecule has 0 aromatic carbocycles. The molecule has 130 valence electrons. The number of aromatic nitrogens is 3. The molecule has 0 radical (unpaired) electrons. The predicted molar refractivity (Wildman–Crippen MR) is 95.5 cm³/mol. The lowest BCUT2D eigenvalue weighted by atomic mass is 10.1. The lowest BCUT2D eigenvalue weighted by Crippen LogP contribution is -2.31. The highest BCUT2D eigenvalue weighted by atomic mass is 16.2. The maximum Gasteiger partial charge on any atom is 0.254 e. The van der Waals surface area contributed by atoms with Crippen LogP contribution in [0.5, 0.6) is 0 Å². The van der Waals surface area contributed by atoms with Gasteiger partial charge in [0.25, 0.3) is 5.91 Å². The molecule has 0 saturated carbocycles. The fraction of sp³-hybridized carbons (Fsp3) is 0.474. The average Bonchev–Trinajstić information content (AvgIpc) is 3.33. The first kappa shape index (κ1) is 16.0. The largest absolute Gasteiger partial charge is 0.357 e. The predicted octanol–water partition coefficient (Wildman–Crippen LogP) is 2.76. The van der Waals surface area contributed by atoms with Gasteiger partial charge in [0.1, 0.15) is 11.6 Å². The molecule has 1 amide bonds. The van der Waals surface area contributed by atoms with Gasteiger partial charge in [-0.2, -0.15) is 0 Å². The standard InChI is InChI=1S/C19H23N5O/c1-14-20-9-7-16(22-14)17-5-4-12-24(17)19(25)15-6-8-21-18(13-15)23-10-2-3-11-23/h6-9,13,17H,2-5,10-12H2,1H3/t17-/m0/s1. The van der Waals surface area contributed by atoms with Crippen LogP contribution in [0.15, 0.2) is 30.6 Å². The second-order valence-electron chi connectivity index (χ2n) is 6.78. The Hall–Kier alpha value is -2.50. The highest BCUT2D eigenvalue weighted by molar-refractivity contribution is 5.95. The van der Waals surface area contributed by atoms with E-state index in [9.17, 15) is 4.79 Å². The molecule has 2 aliphatic rings. The Morgan fingerprint density at radius 1 is 1.08 bits per heavy atom. The number of nitrogens with zero attached hydrogens (tertiary/aromatic N) is 5. The zero-order valence-electron chi connectivity index (χ0n) is 14.6. The average molecular weight is 337 g/mol. The molecule has 0 bridgehead atoms. The van der Waals surface area contributed by atoms with Crippen molar-refractivity contribution in [1.29, 1.82) is 0 Å². The summed E-state index contributed by atoms with van der Waals surface area (Å²) < 4.78 is 0. The monoisotopic (exact) mass is 337 g/mol. The first-order chi connectivity index (χ1) is 12.2. The Bertz CT molecular complexity index is 772. The summed E-state index contributed by atoms with van der Waals surface area (Å²) >= 11 is 0. The van der Waals surface area contributed by atoms with E-state index in [0.717, 1.165) is 55.4 Å². The van der Waals surface area contributed by atoms with Crippen LogP contribution in [-0.2, 0) is 0 Å². The smallest absolute Gasteiger partial charge is 0.254 e. The van der Waals surface area contributed by atoms with E-state index in [1.807, 2.05) is 30.0 Å². The molecule has 2 aromatic rings. The summed E-state index contributed by atoms with van der Waals surface area (Å²) in [5.41, 5.74) is 1.65. The van der Waals surface area contributed by atoms with Crippen molar-refractivity contribution in [3.05, 3.63) is 47.7 Å². The molecule has 6 heteroatoms. The molecule has 4 heterocycles. The van der Waals surface area contributed by atoms with Gasteiger partial charge in [-0.15, -0.1) is 0 Å². The Morgan fingerprint density at radius 3 is 2.68 bits per heavy atom. The maximum atomic E-state index is 13.1. The molecule has 2 saturated heterocycles. The van der Waals surface area contributed by atoms with Crippen molar-refractivity contribution >= 4 is 11.7 Å². The number of pyridine rings is 1. The van der Waals surface area contributed by atoms with Crippen LogP contribution in [0.4, 0.5) is 5.82 Å². The molecule has 2 fully saturated rings. The minimum atomic E-state index is 0.0394. The molecule has 0 N–H and O–H groups in total. The van der Waals surface area contributed by atoms with Gasteiger partial charge in [0.05, 0.1) is 11.7 Å². The molecule has 4 rings (SSSR count). The highest BCUT2D eigenvalue weighted by Crippen LogP contribution is 2.32. The van der Waals surface area contributed by atoms with E-state index in [2.05, 4.69) is 19.9 Å². The molecule has 2 aliphatic heterocycles. The van der Waals surface area contributed by atoms with Gasteiger partial charge in [-0.05, 0) is 50.8 Å². The van der Waals surface area contributed by atoms with Crippen molar-refractivity contribution in [2.45, 2.75) is 38.6 Å².